The number of rotatable bonds is 6. The van der Waals surface area contributed by atoms with Crippen LogP contribution in [0.2, 0.25) is 4.34 Å². The van der Waals surface area contributed by atoms with E-state index in [0.29, 0.717) is 16.7 Å². The zero-order chi connectivity index (χ0) is 14.6. The molecule has 0 spiro atoms. The fourth-order valence-electron chi connectivity index (χ4n) is 1.63. The lowest BCUT2D eigenvalue weighted by molar-refractivity contribution is 0.336. The third-order valence-corrected chi connectivity index (χ3v) is 5.66. The van der Waals surface area contributed by atoms with Gasteiger partial charge in [-0.25, -0.2) is 13.1 Å². The number of nitrogens with one attached hydrogen (secondary N) is 1. The molecule has 1 N–H and O–H groups in total. The quantitative estimate of drug-likeness (QED) is 0.883. The van der Waals surface area contributed by atoms with Crippen molar-refractivity contribution >= 4 is 33.0 Å². The molecule has 0 atom stereocenters. The number of halogens is 1. The zero-order valence-corrected chi connectivity index (χ0v) is 13.2. The lowest BCUT2D eigenvalue weighted by Gasteiger charge is -2.10. The molecule has 0 aliphatic carbocycles. The van der Waals surface area contributed by atoms with E-state index in [-0.39, 0.29) is 10.8 Å². The molecule has 0 bridgehead atoms. The summed E-state index contributed by atoms with van der Waals surface area (Å²) in [6.07, 6.45) is 0. The molecule has 2 aromatic rings. The Balaban J connectivity index is 2.12. The molecule has 1 aromatic carbocycles. The van der Waals surface area contributed by atoms with Gasteiger partial charge in [-0.05, 0) is 25.1 Å². The van der Waals surface area contributed by atoms with Gasteiger partial charge in [0.25, 0.3) is 0 Å². The van der Waals surface area contributed by atoms with E-state index in [1.54, 1.807) is 6.07 Å². The van der Waals surface area contributed by atoms with Crippen LogP contribution in [-0.4, -0.2) is 15.0 Å². The predicted molar refractivity (Wildman–Crippen MR) is 81.0 cm³/mol. The van der Waals surface area contributed by atoms with Crippen molar-refractivity contribution in [2.45, 2.75) is 17.7 Å². The highest BCUT2D eigenvalue weighted by molar-refractivity contribution is 7.91. The monoisotopic (exact) mass is 331 g/mol. The molecule has 0 fully saturated rings. The van der Waals surface area contributed by atoms with Crippen LogP contribution in [0, 0.1) is 0 Å². The van der Waals surface area contributed by atoms with E-state index in [0.717, 1.165) is 16.9 Å². The van der Waals surface area contributed by atoms with Crippen molar-refractivity contribution in [3.8, 4) is 5.75 Å². The summed E-state index contributed by atoms with van der Waals surface area (Å²) >= 11 is 6.78. The Morgan fingerprint density at radius 2 is 2.00 bits per heavy atom. The maximum Gasteiger partial charge on any atom is 0.250 e. The summed E-state index contributed by atoms with van der Waals surface area (Å²) in [7, 11) is -3.54. The largest absolute Gasteiger partial charge is 0.494 e. The van der Waals surface area contributed by atoms with Crippen LogP contribution in [0.5, 0.6) is 5.75 Å². The molecule has 0 amide bonds. The van der Waals surface area contributed by atoms with Gasteiger partial charge in [-0.3, -0.25) is 0 Å². The third-order valence-electron chi connectivity index (χ3n) is 2.54. The second-order valence-electron chi connectivity index (χ2n) is 3.92. The van der Waals surface area contributed by atoms with Crippen molar-refractivity contribution < 1.29 is 13.2 Å². The van der Waals surface area contributed by atoms with E-state index in [1.165, 1.54) is 6.07 Å². The van der Waals surface area contributed by atoms with Crippen molar-refractivity contribution in [1.82, 2.24) is 4.72 Å². The molecule has 0 saturated carbocycles. The van der Waals surface area contributed by atoms with Gasteiger partial charge in [0, 0.05) is 12.1 Å². The van der Waals surface area contributed by atoms with Crippen LogP contribution in [0.3, 0.4) is 0 Å². The van der Waals surface area contributed by atoms with Crippen molar-refractivity contribution in [3.05, 3.63) is 46.3 Å². The van der Waals surface area contributed by atoms with Gasteiger partial charge < -0.3 is 4.74 Å². The number of hydrogen-bond acceptors (Lipinski definition) is 4. The zero-order valence-electron chi connectivity index (χ0n) is 10.8. The van der Waals surface area contributed by atoms with Crippen LogP contribution in [0.4, 0.5) is 0 Å². The Kier molecular flexibility index (Phi) is 5.04. The topological polar surface area (TPSA) is 55.4 Å². The molecule has 1 aromatic heterocycles. The number of para-hydroxylation sites is 1. The van der Waals surface area contributed by atoms with Crippen LogP contribution in [0.1, 0.15) is 12.5 Å². The van der Waals surface area contributed by atoms with E-state index in [1.807, 2.05) is 31.2 Å². The molecule has 4 nitrogen and oxygen atoms in total. The Bertz CT molecular complexity index is 682. The molecule has 108 valence electrons. The van der Waals surface area contributed by atoms with E-state index in [4.69, 9.17) is 16.3 Å². The molecule has 7 heteroatoms. The van der Waals surface area contributed by atoms with Crippen LogP contribution < -0.4 is 9.46 Å². The minimum Gasteiger partial charge on any atom is -0.494 e. The fourth-order valence-corrected chi connectivity index (χ4v) is 4.17. The van der Waals surface area contributed by atoms with Gasteiger partial charge in [-0.1, -0.05) is 29.8 Å². The normalized spacial score (nSPS) is 11.5. The molecule has 0 unspecified atom stereocenters. The first-order valence-corrected chi connectivity index (χ1v) is 8.66. The van der Waals surface area contributed by atoms with Crippen molar-refractivity contribution in [2.75, 3.05) is 6.61 Å². The molecule has 0 aliphatic rings. The van der Waals surface area contributed by atoms with E-state index in [2.05, 4.69) is 4.72 Å². The van der Waals surface area contributed by atoms with Gasteiger partial charge in [0.2, 0.25) is 10.0 Å². The molecule has 0 aliphatic heterocycles. The second-order valence-corrected chi connectivity index (χ2v) is 7.63. The molecular formula is C13H14ClNO3S2. The van der Waals surface area contributed by atoms with E-state index < -0.39 is 10.0 Å². The molecule has 1 heterocycles. The minimum atomic E-state index is -3.54. The van der Waals surface area contributed by atoms with Crippen LogP contribution in [-0.2, 0) is 16.6 Å². The van der Waals surface area contributed by atoms with Crippen LogP contribution in [0.25, 0.3) is 0 Å². The Morgan fingerprint density at radius 3 is 2.65 bits per heavy atom. The summed E-state index contributed by atoms with van der Waals surface area (Å²) in [5, 5.41) is 0. The maximum atomic E-state index is 12.1. The Hall–Kier alpha value is -1.08. The molecular weight excluding hydrogens is 318 g/mol. The summed E-state index contributed by atoms with van der Waals surface area (Å²) in [6.45, 7) is 2.59. The number of thiophene rings is 1. The lowest BCUT2D eigenvalue weighted by Crippen LogP contribution is -2.22. The summed E-state index contributed by atoms with van der Waals surface area (Å²) in [4.78, 5) is 0. The van der Waals surface area contributed by atoms with E-state index in [9.17, 15) is 8.42 Å². The lowest BCUT2D eigenvalue weighted by atomic mass is 10.2. The van der Waals surface area contributed by atoms with Crippen LogP contribution >= 0.6 is 22.9 Å². The maximum absolute atomic E-state index is 12.1. The first kappa shape index (κ1) is 15.3. The van der Waals surface area contributed by atoms with E-state index >= 15 is 0 Å². The highest BCUT2D eigenvalue weighted by atomic mass is 35.5. The van der Waals surface area contributed by atoms with Crippen molar-refractivity contribution in [3.63, 3.8) is 0 Å². The Labute approximate surface area is 127 Å². The number of benzene rings is 1. The summed E-state index contributed by atoms with van der Waals surface area (Å²) < 4.78 is 32.8. The van der Waals surface area contributed by atoms with Gasteiger partial charge in [0.05, 0.1) is 10.9 Å². The molecule has 0 saturated heterocycles. The van der Waals surface area contributed by atoms with Gasteiger partial charge >= 0.3 is 0 Å². The van der Waals surface area contributed by atoms with Gasteiger partial charge in [-0.2, -0.15) is 0 Å². The predicted octanol–water partition coefficient (Wildman–Crippen LogP) is 3.28. The minimum absolute atomic E-state index is 0.175. The molecule has 0 radical (unpaired) electrons. The highest BCUT2D eigenvalue weighted by Gasteiger charge is 2.17. The van der Waals surface area contributed by atoms with Crippen molar-refractivity contribution in [2.24, 2.45) is 0 Å². The molecule has 20 heavy (non-hydrogen) atoms. The first-order chi connectivity index (χ1) is 9.53. The smallest absolute Gasteiger partial charge is 0.250 e. The number of sulfonamides is 1. The average Bonchev–Trinajstić information content (AvgIpc) is 2.86. The van der Waals surface area contributed by atoms with Gasteiger partial charge in [0.1, 0.15) is 9.96 Å². The van der Waals surface area contributed by atoms with Crippen LogP contribution in [0.15, 0.2) is 40.6 Å². The SMILES string of the molecule is CCOc1ccccc1CNS(=O)(=O)c1ccc(Cl)s1. The summed E-state index contributed by atoms with van der Waals surface area (Å²) in [6, 6.07) is 10.4. The second kappa shape index (κ2) is 6.58. The Morgan fingerprint density at radius 1 is 1.25 bits per heavy atom. The number of ether oxygens (including phenoxy) is 1. The summed E-state index contributed by atoms with van der Waals surface area (Å²) in [5.74, 6) is 0.682. The standard InChI is InChI=1S/C13H14ClNO3S2/c1-2-18-11-6-4-3-5-10(11)9-15-20(16,17)13-8-7-12(14)19-13/h3-8,15H,2,9H2,1H3. The van der Waals surface area contributed by atoms with Crippen molar-refractivity contribution in [1.29, 1.82) is 0 Å². The molecule has 2 rings (SSSR count). The highest BCUT2D eigenvalue weighted by Crippen LogP contribution is 2.26. The average molecular weight is 332 g/mol. The first-order valence-electron chi connectivity index (χ1n) is 5.98. The summed E-state index contributed by atoms with van der Waals surface area (Å²) in [5.41, 5.74) is 0.792. The fraction of sp³-hybridized carbons (Fsp3) is 0.231. The van der Waals surface area contributed by atoms with Gasteiger partial charge in [0.15, 0.2) is 0 Å². The third kappa shape index (κ3) is 3.73. The number of hydrogen-bond donors (Lipinski definition) is 1. The van der Waals surface area contributed by atoms with Gasteiger partial charge in [-0.15, -0.1) is 11.3 Å².